The van der Waals surface area contributed by atoms with E-state index in [0.717, 1.165) is 12.3 Å². The molecular weight excluding hydrogens is 205 g/mol. The standard InChI is InChI=1S/C13H18FNO/c1-10(14)11-4-2-6-13(8-11)16-9-12-5-3-7-15-12/h2,4,6,8,10,12,15H,3,5,7,9H2,1H3. The van der Waals surface area contributed by atoms with Crippen molar-refractivity contribution in [1.29, 1.82) is 0 Å². The van der Waals surface area contributed by atoms with Gasteiger partial charge in [-0.3, -0.25) is 0 Å². The van der Waals surface area contributed by atoms with Gasteiger partial charge in [-0.05, 0) is 44.0 Å². The van der Waals surface area contributed by atoms with Gasteiger partial charge in [0, 0.05) is 6.04 Å². The van der Waals surface area contributed by atoms with Crippen LogP contribution in [0.4, 0.5) is 4.39 Å². The number of rotatable bonds is 4. The van der Waals surface area contributed by atoms with E-state index < -0.39 is 6.17 Å². The molecule has 1 aliphatic heterocycles. The van der Waals surface area contributed by atoms with Crippen molar-refractivity contribution in [2.24, 2.45) is 0 Å². The lowest BCUT2D eigenvalue weighted by molar-refractivity contribution is 0.276. The van der Waals surface area contributed by atoms with E-state index >= 15 is 0 Å². The van der Waals surface area contributed by atoms with Crippen LogP contribution >= 0.6 is 0 Å². The van der Waals surface area contributed by atoms with Crippen molar-refractivity contribution >= 4 is 0 Å². The second-order valence-electron chi connectivity index (χ2n) is 4.29. The van der Waals surface area contributed by atoms with Gasteiger partial charge in [0.15, 0.2) is 0 Å². The van der Waals surface area contributed by atoms with Crippen LogP contribution in [0.25, 0.3) is 0 Å². The summed E-state index contributed by atoms with van der Waals surface area (Å²) in [6.07, 6.45) is 1.45. The van der Waals surface area contributed by atoms with Gasteiger partial charge in [0.1, 0.15) is 18.5 Å². The minimum absolute atomic E-state index is 0.450. The van der Waals surface area contributed by atoms with Crippen molar-refractivity contribution in [2.45, 2.75) is 32.0 Å². The molecule has 0 amide bonds. The first kappa shape index (κ1) is 11.4. The molecule has 2 atom stereocenters. The van der Waals surface area contributed by atoms with Crippen LogP contribution in [0.2, 0.25) is 0 Å². The third-order valence-electron chi connectivity index (χ3n) is 2.93. The number of alkyl halides is 1. The first-order valence-electron chi connectivity index (χ1n) is 5.86. The van der Waals surface area contributed by atoms with E-state index in [-0.39, 0.29) is 0 Å². The Labute approximate surface area is 95.8 Å². The summed E-state index contributed by atoms with van der Waals surface area (Å²) < 4.78 is 18.7. The third kappa shape index (κ3) is 2.95. The van der Waals surface area contributed by atoms with Gasteiger partial charge < -0.3 is 10.1 Å². The van der Waals surface area contributed by atoms with Gasteiger partial charge in [0.25, 0.3) is 0 Å². The van der Waals surface area contributed by atoms with Crippen LogP contribution in [-0.4, -0.2) is 19.2 Å². The molecule has 0 bridgehead atoms. The van der Waals surface area contributed by atoms with Crippen LogP contribution in [-0.2, 0) is 0 Å². The molecule has 2 nitrogen and oxygen atoms in total. The van der Waals surface area contributed by atoms with Gasteiger partial charge in [-0.25, -0.2) is 4.39 Å². The topological polar surface area (TPSA) is 21.3 Å². The molecule has 1 aliphatic rings. The second-order valence-corrected chi connectivity index (χ2v) is 4.29. The third-order valence-corrected chi connectivity index (χ3v) is 2.93. The van der Waals surface area contributed by atoms with Crippen LogP contribution in [0.3, 0.4) is 0 Å². The fourth-order valence-corrected chi connectivity index (χ4v) is 1.95. The first-order chi connectivity index (χ1) is 7.75. The quantitative estimate of drug-likeness (QED) is 0.847. The van der Waals surface area contributed by atoms with Crippen molar-refractivity contribution in [3.63, 3.8) is 0 Å². The smallest absolute Gasteiger partial charge is 0.122 e. The summed E-state index contributed by atoms with van der Waals surface area (Å²) in [5.74, 6) is 0.760. The van der Waals surface area contributed by atoms with E-state index in [1.165, 1.54) is 19.8 Å². The molecule has 1 aromatic carbocycles. The summed E-state index contributed by atoms with van der Waals surface area (Å²) in [5.41, 5.74) is 0.678. The predicted octanol–water partition coefficient (Wildman–Crippen LogP) is 2.85. The Kier molecular flexibility index (Phi) is 3.78. The lowest BCUT2D eigenvalue weighted by Gasteiger charge is -2.13. The number of hydrogen-bond donors (Lipinski definition) is 1. The summed E-state index contributed by atoms with van der Waals surface area (Å²) in [4.78, 5) is 0. The molecule has 88 valence electrons. The summed E-state index contributed by atoms with van der Waals surface area (Å²) in [6, 6.07) is 7.72. The van der Waals surface area contributed by atoms with E-state index in [2.05, 4.69) is 5.32 Å². The summed E-state index contributed by atoms with van der Waals surface area (Å²) in [7, 11) is 0. The molecule has 1 saturated heterocycles. The summed E-state index contributed by atoms with van der Waals surface area (Å²) >= 11 is 0. The molecular formula is C13H18FNO. The number of halogens is 1. The molecule has 2 unspecified atom stereocenters. The maximum Gasteiger partial charge on any atom is 0.122 e. The van der Waals surface area contributed by atoms with Crippen molar-refractivity contribution in [3.8, 4) is 5.75 Å². The monoisotopic (exact) mass is 223 g/mol. The van der Waals surface area contributed by atoms with Crippen molar-refractivity contribution in [3.05, 3.63) is 29.8 Å². The Morgan fingerprint density at radius 1 is 1.56 bits per heavy atom. The number of hydrogen-bond acceptors (Lipinski definition) is 2. The maximum absolute atomic E-state index is 13.1. The van der Waals surface area contributed by atoms with Crippen LogP contribution in [0.1, 0.15) is 31.5 Å². The molecule has 0 aromatic heterocycles. The fraction of sp³-hybridized carbons (Fsp3) is 0.538. The predicted molar refractivity (Wildman–Crippen MR) is 62.5 cm³/mol. The molecule has 1 aromatic rings. The van der Waals surface area contributed by atoms with Crippen molar-refractivity contribution in [1.82, 2.24) is 5.32 Å². The summed E-state index contributed by atoms with van der Waals surface area (Å²) in [6.45, 7) is 3.29. The Balaban J connectivity index is 1.90. The van der Waals surface area contributed by atoms with Gasteiger partial charge in [-0.15, -0.1) is 0 Å². The van der Waals surface area contributed by atoms with E-state index in [4.69, 9.17) is 4.74 Å². The molecule has 1 heterocycles. The average molecular weight is 223 g/mol. The maximum atomic E-state index is 13.1. The Morgan fingerprint density at radius 3 is 3.12 bits per heavy atom. The highest BCUT2D eigenvalue weighted by Gasteiger charge is 2.14. The lowest BCUT2D eigenvalue weighted by atomic mass is 10.1. The van der Waals surface area contributed by atoms with Crippen LogP contribution in [0.5, 0.6) is 5.75 Å². The van der Waals surface area contributed by atoms with Crippen LogP contribution in [0.15, 0.2) is 24.3 Å². The minimum atomic E-state index is -0.937. The zero-order valence-corrected chi connectivity index (χ0v) is 9.58. The summed E-state index contributed by atoms with van der Waals surface area (Å²) in [5, 5.41) is 3.37. The zero-order chi connectivity index (χ0) is 11.4. The number of ether oxygens (including phenoxy) is 1. The molecule has 0 aliphatic carbocycles. The molecule has 1 N–H and O–H groups in total. The Bertz CT molecular complexity index is 334. The fourth-order valence-electron chi connectivity index (χ4n) is 1.95. The van der Waals surface area contributed by atoms with Gasteiger partial charge in [0.2, 0.25) is 0 Å². The van der Waals surface area contributed by atoms with Crippen LogP contribution < -0.4 is 10.1 Å². The molecule has 1 fully saturated rings. The van der Waals surface area contributed by atoms with Crippen molar-refractivity contribution < 1.29 is 9.13 Å². The molecule has 0 saturated carbocycles. The van der Waals surface area contributed by atoms with E-state index in [0.29, 0.717) is 18.2 Å². The van der Waals surface area contributed by atoms with Crippen LogP contribution in [0, 0.1) is 0 Å². The number of benzene rings is 1. The molecule has 0 radical (unpaired) electrons. The van der Waals surface area contributed by atoms with Gasteiger partial charge >= 0.3 is 0 Å². The van der Waals surface area contributed by atoms with Gasteiger partial charge in [0.05, 0.1) is 0 Å². The lowest BCUT2D eigenvalue weighted by Crippen LogP contribution is -2.28. The van der Waals surface area contributed by atoms with E-state index in [1.54, 1.807) is 12.1 Å². The van der Waals surface area contributed by atoms with Crippen molar-refractivity contribution in [2.75, 3.05) is 13.2 Å². The molecule has 3 heteroatoms. The highest BCUT2D eigenvalue weighted by Crippen LogP contribution is 2.21. The highest BCUT2D eigenvalue weighted by atomic mass is 19.1. The molecule has 2 rings (SSSR count). The molecule has 16 heavy (non-hydrogen) atoms. The van der Waals surface area contributed by atoms with Gasteiger partial charge in [-0.1, -0.05) is 12.1 Å². The first-order valence-corrected chi connectivity index (χ1v) is 5.86. The Hall–Kier alpha value is -1.09. The van der Waals surface area contributed by atoms with E-state index in [1.807, 2.05) is 12.1 Å². The largest absolute Gasteiger partial charge is 0.492 e. The minimum Gasteiger partial charge on any atom is -0.492 e. The normalized spacial score (nSPS) is 22.0. The zero-order valence-electron chi connectivity index (χ0n) is 9.58. The number of nitrogens with one attached hydrogen (secondary N) is 1. The Morgan fingerprint density at radius 2 is 2.44 bits per heavy atom. The molecule has 0 spiro atoms. The second kappa shape index (κ2) is 5.30. The van der Waals surface area contributed by atoms with Gasteiger partial charge in [-0.2, -0.15) is 0 Å². The highest BCUT2D eigenvalue weighted by molar-refractivity contribution is 5.29. The average Bonchev–Trinajstić information content (AvgIpc) is 2.79. The SMILES string of the molecule is CC(F)c1cccc(OCC2CCCN2)c1. The van der Waals surface area contributed by atoms with E-state index in [9.17, 15) is 4.39 Å².